The van der Waals surface area contributed by atoms with E-state index in [1.54, 1.807) is 24.3 Å². The van der Waals surface area contributed by atoms with Crippen molar-refractivity contribution in [2.75, 3.05) is 6.61 Å². The summed E-state index contributed by atoms with van der Waals surface area (Å²) >= 11 is 0. The lowest BCUT2D eigenvalue weighted by molar-refractivity contribution is -0.158. The summed E-state index contributed by atoms with van der Waals surface area (Å²) in [6, 6.07) is 8.94. The second kappa shape index (κ2) is 8.01. The van der Waals surface area contributed by atoms with E-state index >= 15 is 0 Å². The Hall–Kier alpha value is -2.02. The van der Waals surface area contributed by atoms with Gasteiger partial charge in [0.25, 0.3) is 0 Å². The average Bonchev–Trinajstić information content (AvgIpc) is 2.53. The van der Waals surface area contributed by atoms with Crippen molar-refractivity contribution in [1.29, 1.82) is 5.26 Å². The molecule has 0 heterocycles. The highest BCUT2D eigenvalue weighted by Gasteiger charge is 2.33. The van der Waals surface area contributed by atoms with Gasteiger partial charge in [-0.25, -0.2) is 4.79 Å². The van der Waals surface area contributed by atoms with Crippen molar-refractivity contribution in [1.82, 2.24) is 0 Å². The van der Waals surface area contributed by atoms with Crippen LogP contribution in [-0.2, 0) is 9.53 Å². The molecule has 1 aliphatic carbocycles. The van der Waals surface area contributed by atoms with E-state index in [0.717, 1.165) is 12.8 Å². The Morgan fingerprint density at radius 3 is 2.78 bits per heavy atom. The summed E-state index contributed by atoms with van der Waals surface area (Å²) in [7, 11) is 0. The van der Waals surface area contributed by atoms with Gasteiger partial charge in [-0.05, 0) is 42.7 Å². The van der Waals surface area contributed by atoms with Gasteiger partial charge in [0, 0.05) is 0 Å². The Labute approximate surface area is 138 Å². The van der Waals surface area contributed by atoms with Gasteiger partial charge < -0.3 is 9.47 Å². The zero-order valence-electron chi connectivity index (χ0n) is 14.1. The number of para-hydroxylation sites is 1. The minimum absolute atomic E-state index is 0.0268. The van der Waals surface area contributed by atoms with Gasteiger partial charge in [-0.1, -0.05) is 39.3 Å². The van der Waals surface area contributed by atoms with Crippen molar-refractivity contribution in [3.8, 4) is 11.8 Å². The lowest BCUT2D eigenvalue weighted by atomic mass is 9.75. The molecular weight excluding hydrogens is 290 g/mol. The highest BCUT2D eigenvalue weighted by Crippen LogP contribution is 2.35. The maximum atomic E-state index is 12.1. The van der Waals surface area contributed by atoms with Crippen LogP contribution in [0.1, 0.15) is 45.6 Å². The second-order valence-corrected chi connectivity index (χ2v) is 6.75. The molecule has 0 saturated heterocycles. The quantitative estimate of drug-likeness (QED) is 0.772. The standard InChI is InChI=1S/C19H25NO3/c1-13(2)16-9-8-14(3)10-18(16)23-19(21)12-22-17-7-5-4-6-15(17)11-20/h4-7,13-14,16,18H,8-10,12H2,1-3H3/t14-,16-,18-/m1/s1. The third kappa shape index (κ3) is 4.72. The molecule has 0 bridgehead atoms. The molecule has 0 aliphatic heterocycles. The predicted molar refractivity (Wildman–Crippen MR) is 87.9 cm³/mol. The monoisotopic (exact) mass is 315 g/mol. The lowest BCUT2D eigenvalue weighted by Gasteiger charge is -2.36. The van der Waals surface area contributed by atoms with E-state index in [1.165, 1.54) is 6.42 Å². The Kier molecular flexibility index (Phi) is 6.04. The number of carbonyl (C=O) groups is 1. The summed E-state index contributed by atoms with van der Waals surface area (Å²) in [5, 5.41) is 9.02. The SMILES string of the molecule is CC(C)[C@H]1CC[C@@H](C)C[C@H]1OC(=O)COc1ccccc1C#N. The van der Waals surface area contributed by atoms with Crippen LogP contribution in [0.2, 0.25) is 0 Å². The number of esters is 1. The number of carbonyl (C=O) groups excluding carboxylic acids is 1. The smallest absolute Gasteiger partial charge is 0.344 e. The first-order chi connectivity index (χ1) is 11.0. The molecular formula is C19H25NO3. The van der Waals surface area contributed by atoms with Gasteiger partial charge >= 0.3 is 5.97 Å². The number of nitrogens with zero attached hydrogens (tertiary/aromatic N) is 1. The molecule has 0 amide bonds. The van der Waals surface area contributed by atoms with Crippen molar-refractivity contribution in [2.45, 2.75) is 46.1 Å². The molecule has 0 N–H and O–H groups in total. The molecule has 0 unspecified atom stereocenters. The maximum absolute atomic E-state index is 12.1. The van der Waals surface area contributed by atoms with Crippen LogP contribution < -0.4 is 4.74 Å². The zero-order chi connectivity index (χ0) is 16.8. The van der Waals surface area contributed by atoms with Crippen LogP contribution >= 0.6 is 0 Å². The molecule has 0 radical (unpaired) electrons. The normalized spacial score (nSPS) is 24.0. The van der Waals surface area contributed by atoms with Gasteiger partial charge in [-0.15, -0.1) is 0 Å². The Morgan fingerprint density at radius 1 is 1.35 bits per heavy atom. The molecule has 3 atom stereocenters. The molecule has 1 fully saturated rings. The molecule has 0 aromatic heterocycles. The highest BCUT2D eigenvalue weighted by atomic mass is 16.6. The number of ether oxygens (including phenoxy) is 2. The van der Waals surface area contributed by atoms with E-state index in [0.29, 0.717) is 29.1 Å². The Bertz CT molecular complexity index is 576. The first-order valence-corrected chi connectivity index (χ1v) is 8.32. The van der Waals surface area contributed by atoms with Gasteiger partial charge in [0.2, 0.25) is 0 Å². The lowest BCUT2D eigenvalue weighted by Crippen LogP contribution is -2.37. The molecule has 1 saturated carbocycles. The topological polar surface area (TPSA) is 59.3 Å². The van der Waals surface area contributed by atoms with Gasteiger partial charge in [0.05, 0.1) is 5.56 Å². The second-order valence-electron chi connectivity index (χ2n) is 6.75. The van der Waals surface area contributed by atoms with Crippen molar-refractivity contribution >= 4 is 5.97 Å². The van der Waals surface area contributed by atoms with Crippen molar-refractivity contribution in [2.24, 2.45) is 17.8 Å². The van der Waals surface area contributed by atoms with E-state index in [9.17, 15) is 4.79 Å². The molecule has 124 valence electrons. The highest BCUT2D eigenvalue weighted by molar-refractivity contribution is 5.71. The van der Waals surface area contributed by atoms with E-state index in [4.69, 9.17) is 14.7 Å². The van der Waals surface area contributed by atoms with Gasteiger partial charge in [0.1, 0.15) is 17.9 Å². The molecule has 1 aromatic rings. The maximum Gasteiger partial charge on any atom is 0.344 e. The molecule has 23 heavy (non-hydrogen) atoms. The van der Waals surface area contributed by atoms with Crippen LogP contribution in [-0.4, -0.2) is 18.7 Å². The number of benzene rings is 1. The van der Waals surface area contributed by atoms with E-state index in [2.05, 4.69) is 26.8 Å². The fourth-order valence-corrected chi connectivity index (χ4v) is 3.27. The number of nitriles is 1. The molecule has 1 aliphatic rings. The Balaban J connectivity index is 1.92. The summed E-state index contributed by atoms with van der Waals surface area (Å²) in [5.74, 6) is 1.57. The number of hydrogen-bond donors (Lipinski definition) is 0. The first kappa shape index (κ1) is 17.3. The van der Waals surface area contributed by atoms with Crippen molar-refractivity contribution in [3.05, 3.63) is 29.8 Å². The van der Waals surface area contributed by atoms with Crippen molar-refractivity contribution < 1.29 is 14.3 Å². The summed E-state index contributed by atoms with van der Waals surface area (Å²) in [6.07, 6.45) is 3.20. The van der Waals surface area contributed by atoms with Crippen LogP contribution in [0.5, 0.6) is 5.75 Å². The van der Waals surface area contributed by atoms with Crippen molar-refractivity contribution in [3.63, 3.8) is 0 Å². The summed E-state index contributed by atoms with van der Waals surface area (Å²) in [6.45, 7) is 6.41. The van der Waals surface area contributed by atoms with Gasteiger partial charge in [0.15, 0.2) is 6.61 Å². The molecule has 4 nitrogen and oxygen atoms in total. The summed E-state index contributed by atoms with van der Waals surface area (Å²) < 4.78 is 11.1. The Morgan fingerprint density at radius 2 is 2.09 bits per heavy atom. The fraction of sp³-hybridized carbons (Fsp3) is 0.579. The van der Waals surface area contributed by atoms with E-state index in [1.807, 2.05) is 0 Å². The molecule has 2 rings (SSSR count). The molecule has 4 heteroatoms. The van der Waals surface area contributed by atoms with Gasteiger partial charge in [-0.3, -0.25) is 0 Å². The minimum atomic E-state index is -0.359. The predicted octanol–water partition coefficient (Wildman–Crippen LogP) is 3.94. The van der Waals surface area contributed by atoms with Gasteiger partial charge in [-0.2, -0.15) is 5.26 Å². The summed E-state index contributed by atoms with van der Waals surface area (Å²) in [4.78, 5) is 12.1. The molecule has 1 aromatic carbocycles. The van der Waals surface area contributed by atoms with Crippen LogP contribution in [0, 0.1) is 29.1 Å². The van der Waals surface area contributed by atoms with E-state index < -0.39 is 0 Å². The molecule has 0 spiro atoms. The third-order valence-electron chi connectivity index (χ3n) is 4.60. The van der Waals surface area contributed by atoms with Crippen LogP contribution in [0.25, 0.3) is 0 Å². The minimum Gasteiger partial charge on any atom is -0.481 e. The third-order valence-corrected chi connectivity index (χ3v) is 4.60. The number of hydrogen-bond acceptors (Lipinski definition) is 4. The summed E-state index contributed by atoms with van der Waals surface area (Å²) in [5.41, 5.74) is 0.423. The average molecular weight is 315 g/mol. The first-order valence-electron chi connectivity index (χ1n) is 8.32. The van der Waals surface area contributed by atoms with Crippen LogP contribution in [0.4, 0.5) is 0 Å². The zero-order valence-corrected chi connectivity index (χ0v) is 14.1. The number of rotatable bonds is 5. The van der Waals surface area contributed by atoms with Crippen LogP contribution in [0.15, 0.2) is 24.3 Å². The van der Waals surface area contributed by atoms with Crippen LogP contribution in [0.3, 0.4) is 0 Å². The fourth-order valence-electron chi connectivity index (χ4n) is 3.27. The largest absolute Gasteiger partial charge is 0.481 e. The van der Waals surface area contributed by atoms with E-state index in [-0.39, 0.29) is 18.7 Å².